The second-order valence-corrected chi connectivity index (χ2v) is 39.3. The van der Waals surface area contributed by atoms with Gasteiger partial charge in [0.05, 0.1) is 22.1 Å². The molecule has 2 aliphatic carbocycles. The van der Waals surface area contributed by atoms with E-state index in [-0.39, 0.29) is 11.3 Å². The van der Waals surface area contributed by atoms with Gasteiger partial charge in [-0.3, -0.25) is 15.0 Å². The van der Waals surface area contributed by atoms with Crippen molar-refractivity contribution in [3.63, 3.8) is 0 Å². The molecule has 0 aliphatic heterocycles. The predicted molar refractivity (Wildman–Crippen MR) is 620 cm³/mol. The molecule has 0 atom stereocenters. The van der Waals surface area contributed by atoms with E-state index in [2.05, 4.69) is 540 Å². The number of nitrogens with zero attached hydrogens (tertiary/aromatic N) is 8. The van der Waals surface area contributed by atoms with E-state index in [1.54, 1.807) is 0 Å². The summed E-state index contributed by atoms with van der Waals surface area (Å²) in [7, 11) is 0. The predicted octanol–water partition coefficient (Wildman–Crippen LogP) is 37.5. The van der Waals surface area contributed by atoms with Crippen molar-refractivity contribution in [2.75, 3.05) is 14.7 Å². The molecule has 24 aromatic rings. The lowest BCUT2D eigenvalue weighted by Crippen LogP contribution is -2.30. The number of anilines is 9. The number of para-hydroxylation sites is 4. The van der Waals surface area contributed by atoms with Crippen molar-refractivity contribution in [2.45, 2.75) is 71.1 Å². The van der Waals surface area contributed by atoms with Gasteiger partial charge in [0.25, 0.3) is 0 Å². The van der Waals surface area contributed by atoms with Crippen molar-refractivity contribution >= 4 is 94.8 Å². The summed E-state index contributed by atoms with van der Waals surface area (Å²) < 4.78 is 4.76. The lowest BCUT2D eigenvalue weighted by molar-refractivity contribution is 0.346. The number of hydrogen-bond donors (Lipinski definition) is 0. The second kappa shape index (κ2) is 40.8. The van der Waals surface area contributed by atoms with Gasteiger partial charge in [-0.05, 0) is 342 Å². The molecule has 8 heteroatoms. The third kappa shape index (κ3) is 18.4. The Morgan fingerprint density at radius 1 is 0.216 bits per heavy atom. The van der Waals surface area contributed by atoms with Gasteiger partial charge in [0, 0.05) is 149 Å². The summed E-state index contributed by atoms with van der Waals surface area (Å²) in [5.41, 5.74) is 45.8. The highest BCUT2D eigenvalue weighted by Crippen LogP contribution is 2.52. The summed E-state index contributed by atoms with van der Waals surface area (Å²) in [6.07, 6.45) is 17.3. The molecule has 26 rings (SSSR count). The van der Waals surface area contributed by atoms with E-state index in [0.29, 0.717) is 0 Å². The average Bonchev–Trinajstić information content (AvgIpc) is 1.57. The summed E-state index contributed by atoms with van der Waals surface area (Å²) in [4.78, 5) is 20.1. The van der Waals surface area contributed by atoms with Crippen molar-refractivity contribution in [3.05, 3.63) is 579 Å². The smallest absolute Gasteiger partial charge is 0.0541 e. The highest BCUT2D eigenvalue weighted by molar-refractivity contribution is 6.10. The Bertz CT molecular complexity index is 8060. The minimum absolute atomic E-state index is 0.00636. The van der Waals surface area contributed by atoms with Crippen LogP contribution in [0.25, 0.3) is 133 Å². The van der Waals surface area contributed by atoms with Gasteiger partial charge in [0.15, 0.2) is 0 Å². The summed E-state index contributed by atoms with van der Waals surface area (Å²) >= 11 is 0. The number of fused-ring (bicyclic) bond motifs is 9. The lowest BCUT2D eigenvalue weighted by atomic mass is 9.65. The Morgan fingerprint density at radius 3 is 0.750 bits per heavy atom. The molecule has 148 heavy (non-hydrogen) atoms. The first-order valence-corrected chi connectivity index (χ1v) is 51.5. The van der Waals surface area contributed by atoms with E-state index in [9.17, 15) is 0 Å². The highest BCUT2D eigenvalue weighted by atomic mass is 15.2. The molecule has 0 N–H and O–H groups in total. The second-order valence-electron chi connectivity index (χ2n) is 39.3. The molecular weight excluding hydrogens is 1790 g/mol. The van der Waals surface area contributed by atoms with Crippen molar-refractivity contribution in [1.29, 1.82) is 0 Å². The zero-order valence-corrected chi connectivity index (χ0v) is 83.4. The van der Waals surface area contributed by atoms with E-state index in [4.69, 9.17) is 0 Å². The van der Waals surface area contributed by atoms with Crippen LogP contribution in [0.5, 0.6) is 0 Å². The van der Waals surface area contributed by atoms with Crippen molar-refractivity contribution < 1.29 is 0 Å². The maximum absolute atomic E-state index is 4.33. The molecule has 19 aromatic carbocycles. The Hall–Kier alpha value is -18.4. The minimum atomic E-state index is 0.00636. The van der Waals surface area contributed by atoms with Gasteiger partial charge in [0.2, 0.25) is 0 Å². The van der Waals surface area contributed by atoms with Crippen LogP contribution in [0.15, 0.2) is 529 Å². The number of aromatic nitrogens is 5. The maximum Gasteiger partial charge on any atom is 0.0541 e. The average molecular weight is 1900 g/mol. The standard InChI is InChI=1S/C55H37N3.C46H46N2.C39H27N3/c1-3-19-49-43(13-1)44-14-2-4-20-50(44)55(49)37-25-27-38(28-26-37)56(39-29-33-41(34-30-39)57-51-21-9-5-15-45(51)46-16-6-10-22-52(46)57)40-31-35-42(36-32-40)58-53-23-11-7-17-47(53)48-18-8-12-24-54(48)58;1-34-8-20-40(21-9-34)47(41-22-10-35(2)11-23-41)44-28-16-38(17-29-44)46(32-6-5-7-33-46)39-18-30-45(31-19-39)48(42-24-12-36(3)13-25-42)43-26-14-37(4)15-27-43;1-7-28(34-13-4-16-40-25-34)19-31(10-1)37-22-38(32-11-2-8-29(20-32)35-14-5-17-41-26-35)24-39(23-37)33-12-3-9-30(21-33)36-15-6-18-42-27-36/h1-36,55H;8-31H,5-7,32-33H2,1-4H3;1-27H. The van der Waals surface area contributed by atoms with Crippen LogP contribution in [-0.2, 0) is 5.41 Å². The molecule has 2 aliphatic rings. The molecule has 0 amide bonds. The Balaban J connectivity index is 0.000000120. The Labute approximate surface area is 866 Å². The highest BCUT2D eigenvalue weighted by Gasteiger charge is 2.37. The van der Waals surface area contributed by atoms with Gasteiger partial charge in [-0.15, -0.1) is 0 Å². The number of pyridine rings is 3. The summed E-state index contributed by atoms with van der Waals surface area (Å²) in [5.74, 6) is 0.200. The fraction of sp³-hybridized carbons (Fsp3) is 0.0786. The van der Waals surface area contributed by atoms with Gasteiger partial charge in [-0.1, -0.05) is 321 Å². The van der Waals surface area contributed by atoms with Crippen LogP contribution in [0.4, 0.5) is 51.2 Å². The van der Waals surface area contributed by atoms with Crippen LogP contribution < -0.4 is 14.7 Å². The van der Waals surface area contributed by atoms with E-state index in [1.165, 1.54) is 171 Å². The van der Waals surface area contributed by atoms with Gasteiger partial charge < -0.3 is 23.8 Å². The quantitative estimate of drug-likeness (QED) is 0.0758. The topological polar surface area (TPSA) is 58.2 Å². The summed E-state index contributed by atoms with van der Waals surface area (Å²) in [6.45, 7) is 8.59. The molecule has 5 heterocycles. The first kappa shape index (κ1) is 92.1. The van der Waals surface area contributed by atoms with Gasteiger partial charge in [-0.2, -0.15) is 0 Å². The molecule has 710 valence electrons. The fourth-order valence-electron chi connectivity index (χ4n) is 22.5. The molecule has 1 saturated carbocycles. The third-order valence-electron chi connectivity index (χ3n) is 29.9. The SMILES string of the molecule is Cc1ccc(N(c2ccc(C)cc2)c2ccc(C3(c4ccc(N(c5ccc(C)cc5)c5ccc(C)cc5)cc4)CCCCC3)cc2)cc1.c1ccc2c(c1)-c1ccccc1C2c1ccc(N(c2ccc(-n3c4ccccc4c4ccccc43)cc2)c2ccc(-n3c4ccccc4c4ccccc43)cc2)cc1.c1cncc(-c2cccc(-c3cc(-c4cccc(-c5cccnc5)c4)cc(-c4cccc(-c5cccnc5)c4)c3)c2)c1. The molecule has 5 aromatic heterocycles. The molecular formula is C140H110N8. The number of aryl methyl sites for hydroxylation is 4. The van der Waals surface area contributed by atoms with Gasteiger partial charge in [-0.25, -0.2) is 0 Å². The molecule has 0 spiro atoms. The molecule has 0 unspecified atom stereocenters. The zero-order chi connectivity index (χ0) is 99.4. The van der Waals surface area contributed by atoms with Crippen LogP contribution in [0.2, 0.25) is 0 Å². The Kier molecular flexibility index (Phi) is 25.4. The summed E-state index contributed by atoms with van der Waals surface area (Å²) in [6, 6.07) is 179. The number of benzene rings is 19. The normalized spacial score (nSPS) is 12.5. The van der Waals surface area contributed by atoms with Crippen molar-refractivity contribution in [3.8, 4) is 89.3 Å². The first-order chi connectivity index (χ1) is 73.0. The number of hydrogen-bond acceptors (Lipinski definition) is 6. The Morgan fingerprint density at radius 2 is 0.459 bits per heavy atom. The molecule has 0 saturated heterocycles. The number of rotatable bonds is 20. The van der Waals surface area contributed by atoms with E-state index < -0.39 is 0 Å². The lowest BCUT2D eigenvalue weighted by Gasteiger charge is -2.39. The van der Waals surface area contributed by atoms with E-state index in [1.807, 2.05) is 55.4 Å². The van der Waals surface area contributed by atoms with Crippen LogP contribution in [0.3, 0.4) is 0 Å². The molecule has 1 fully saturated rings. The first-order valence-electron chi connectivity index (χ1n) is 51.5. The molecule has 8 nitrogen and oxygen atoms in total. The van der Waals surface area contributed by atoms with Crippen LogP contribution in [0.1, 0.15) is 88.1 Å². The van der Waals surface area contributed by atoms with E-state index in [0.717, 1.165) is 95.2 Å². The van der Waals surface area contributed by atoms with Crippen LogP contribution in [-0.4, -0.2) is 24.1 Å². The van der Waals surface area contributed by atoms with Crippen LogP contribution in [0, 0.1) is 27.7 Å². The van der Waals surface area contributed by atoms with Gasteiger partial charge >= 0.3 is 0 Å². The van der Waals surface area contributed by atoms with Crippen molar-refractivity contribution in [1.82, 2.24) is 24.1 Å². The largest absolute Gasteiger partial charge is 0.311 e. The van der Waals surface area contributed by atoms with Crippen molar-refractivity contribution in [2.24, 2.45) is 0 Å². The maximum atomic E-state index is 4.33. The zero-order valence-electron chi connectivity index (χ0n) is 83.4. The molecule has 0 radical (unpaired) electrons. The fourth-order valence-corrected chi connectivity index (χ4v) is 22.5. The van der Waals surface area contributed by atoms with Crippen LogP contribution >= 0.6 is 0 Å². The minimum Gasteiger partial charge on any atom is -0.311 e. The van der Waals surface area contributed by atoms with E-state index >= 15 is 0 Å². The molecule has 0 bridgehead atoms. The third-order valence-corrected chi connectivity index (χ3v) is 29.9. The summed E-state index contributed by atoms with van der Waals surface area (Å²) in [5, 5.41) is 5.05. The monoisotopic (exact) mass is 1900 g/mol. The van der Waals surface area contributed by atoms with Gasteiger partial charge in [0.1, 0.15) is 0 Å².